The molecule has 2 aromatic rings. The number of halogens is 2. The van der Waals surface area contributed by atoms with Crippen molar-refractivity contribution >= 4 is 11.6 Å². The fourth-order valence-corrected chi connectivity index (χ4v) is 1.80. The Balaban J connectivity index is 2.52. The molecule has 0 spiro atoms. The van der Waals surface area contributed by atoms with Crippen LogP contribution in [-0.2, 0) is 6.61 Å². The first kappa shape index (κ1) is 11.1. The first-order chi connectivity index (χ1) is 7.63. The van der Waals surface area contributed by atoms with Crippen molar-refractivity contribution in [1.29, 1.82) is 0 Å². The molecule has 1 N–H and O–H groups in total. The predicted molar refractivity (Wildman–Crippen MR) is 59.2 cm³/mol. The van der Waals surface area contributed by atoms with Crippen LogP contribution in [0.3, 0.4) is 0 Å². The van der Waals surface area contributed by atoms with Gasteiger partial charge in [-0.2, -0.15) is 5.10 Å². The zero-order valence-electron chi connectivity index (χ0n) is 8.61. The summed E-state index contributed by atoms with van der Waals surface area (Å²) in [7, 11) is 0. The van der Waals surface area contributed by atoms with Gasteiger partial charge in [-0.3, -0.25) is 0 Å². The lowest BCUT2D eigenvalue weighted by atomic mass is 10.3. The molecule has 0 unspecified atom stereocenters. The highest BCUT2D eigenvalue weighted by Gasteiger charge is 2.13. The Morgan fingerprint density at radius 2 is 2.00 bits per heavy atom. The minimum atomic E-state index is -0.314. The third-order valence-corrected chi connectivity index (χ3v) is 2.74. The molecule has 16 heavy (non-hydrogen) atoms. The fraction of sp³-hybridized carbons (Fsp3) is 0.182. The molecule has 0 fully saturated rings. The maximum atomic E-state index is 12.8. The SMILES string of the molecule is Cc1nn(-c2ccc(F)cc2)c(Cl)c1CO. The molecule has 84 valence electrons. The smallest absolute Gasteiger partial charge is 0.138 e. The maximum absolute atomic E-state index is 12.8. The molecule has 0 amide bonds. The summed E-state index contributed by atoms with van der Waals surface area (Å²) in [6, 6.07) is 5.83. The summed E-state index contributed by atoms with van der Waals surface area (Å²) in [4.78, 5) is 0. The van der Waals surface area contributed by atoms with Crippen LogP contribution in [-0.4, -0.2) is 14.9 Å². The van der Waals surface area contributed by atoms with Crippen LogP contribution < -0.4 is 0 Å². The molecule has 1 aromatic carbocycles. The average molecular weight is 241 g/mol. The van der Waals surface area contributed by atoms with E-state index in [1.807, 2.05) is 0 Å². The number of benzene rings is 1. The Hall–Kier alpha value is -1.39. The lowest BCUT2D eigenvalue weighted by Crippen LogP contribution is -1.96. The van der Waals surface area contributed by atoms with Crippen LogP contribution in [0.25, 0.3) is 5.69 Å². The largest absolute Gasteiger partial charge is 0.391 e. The molecular weight excluding hydrogens is 231 g/mol. The molecule has 0 atom stereocenters. The summed E-state index contributed by atoms with van der Waals surface area (Å²) in [6.45, 7) is 1.60. The van der Waals surface area contributed by atoms with E-state index in [0.717, 1.165) is 0 Å². The molecule has 1 aromatic heterocycles. The van der Waals surface area contributed by atoms with Gasteiger partial charge >= 0.3 is 0 Å². The van der Waals surface area contributed by atoms with E-state index in [0.29, 0.717) is 22.1 Å². The van der Waals surface area contributed by atoms with Crippen molar-refractivity contribution in [1.82, 2.24) is 9.78 Å². The van der Waals surface area contributed by atoms with Crippen LogP contribution in [0.2, 0.25) is 5.15 Å². The van der Waals surface area contributed by atoms with Gasteiger partial charge in [0.15, 0.2) is 0 Å². The van der Waals surface area contributed by atoms with Crippen molar-refractivity contribution in [2.45, 2.75) is 13.5 Å². The van der Waals surface area contributed by atoms with Crippen molar-refractivity contribution in [2.24, 2.45) is 0 Å². The second-order valence-electron chi connectivity index (χ2n) is 3.40. The van der Waals surface area contributed by atoms with Crippen molar-refractivity contribution in [3.05, 3.63) is 46.5 Å². The average Bonchev–Trinajstić information content (AvgIpc) is 2.55. The highest BCUT2D eigenvalue weighted by atomic mass is 35.5. The summed E-state index contributed by atoms with van der Waals surface area (Å²) < 4.78 is 14.2. The molecule has 0 aliphatic rings. The quantitative estimate of drug-likeness (QED) is 0.876. The molecule has 5 heteroatoms. The van der Waals surface area contributed by atoms with Gasteiger partial charge in [0.25, 0.3) is 0 Å². The molecule has 3 nitrogen and oxygen atoms in total. The summed E-state index contributed by atoms with van der Waals surface area (Å²) in [5.74, 6) is -0.314. The summed E-state index contributed by atoms with van der Waals surface area (Å²) >= 11 is 6.05. The van der Waals surface area contributed by atoms with E-state index >= 15 is 0 Å². The number of nitrogens with zero attached hydrogens (tertiary/aromatic N) is 2. The van der Waals surface area contributed by atoms with Gasteiger partial charge in [0, 0.05) is 5.56 Å². The van der Waals surface area contributed by atoms with Gasteiger partial charge in [0.2, 0.25) is 0 Å². The van der Waals surface area contributed by atoms with E-state index in [4.69, 9.17) is 16.7 Å². The van der Waals surface area contributed by atoms with Crippen molar-refractivity contribution in [3.63, 3.8) is 0 Å². The van der Waals surface area contributed by atoms with E-state index in [9.17, 15) is 4.39 Å². The molecule has 0 aliphatic heterocycles. The highest BCUT2D eigenvalue weighted by molar-refractivity contribution is 6.30. The van der Waals surface area contributed by atoms with E-state index in [1.54, 1.807) is 19.1 Å². The standard InChI is InChI=1S/C11H10ClFN2O/c1-7-10(6-16)11(12)15(14-7)9-4-2-8(13)3-5-9/h2-5,16H,6H2,1H3. The maximum Gasteiger partial charge on any atom is 0.138 e. The summed E-state index contributed by atoms with van der Waals surface area (Å²) in [6.07, 6.45) is 0. The Morgan fingerprint density at radius 1 is 1.38 bits per heavy atom. The number of aryl methyl sites for hydroxylation is 1. The monoisotopic (exact) mass is 240 g/mol. The van der Waals surface area contributed by atoms with Crippen LogP contribution in [0.1, 0.15) is 11.3 Å². The molecule has 1 heterocycles. The number of hydrogen-bond donors (Lipinski definition) is 1. The first-order valence-electron chi connectivity index (χ1n) is 4.74. The molecule has 0 saturated carbocycles. The highest BCUT2D eigenvalue weighted by Crippen LogP contribution is 2.23. The minimum absolute atomic E-state index is 0.161. The Morgan fingerprint density at radius 3 is 2.50 bits per heavy atom. The molecule has 0 bridgehead atoms. The third kappa shape index (κ3) is 1.81. The molecule has 0 saturated heterocycles. The fourth-order valence-electron chi connectivity index (χ4n) is 1.46. The number of aromatic nitrogens is 2. The second-order valence-corrected chi connectivity index (χ2v) is 3.76. The van der Waals surface area contributed by atoms with Gasteiger partial charge in [-0.05, 0) is 31.2 Å². The minimum Gasteiger partial charge on any atom is -0.391 e. The van der Waals surface area contributed by atoms with Crippen LogP contribution in [0.5, 0.6) is 0 Å². The lowest BCUT2D eigenvalue weighted by Gasteiger charge is -2.02. The summed E-state index contributed by atoms with van der Waals surface area (Å²) in [5.41, 5.74) is 1.91. The Bertz CT molecular complexity index is 507. The van der Waals surface area contributed by atoms with Crippen LogP contribution >= 0.6 is 11.6 Å². The van der Waals surface area contributed by atoms with E-state index in [1.165, 1.54) is 16.8 Å². The lowest BCUT2D eigenvalue weighted by molar-refractivity contribution is 0.281. The zero-order valence-corrected chi connectivity index (χ0v) is 9.37. The number of aliphatic hydroxyl groups is 1. The number of hydrogen-bond acceptors (Lipinski definition) is 2. The molecular formula is C11H10ClFN2O. The Labute approximate surface area is 97.1 Å². The van der Waals surface area contributed by atoms with Gasteiger partial charge in [0.1, 0.15) is 11.0 Å². The zero-order chi connectivity index (χ0) is 11.7. The van der Waals surface area contributed by atoms with E-state index in [2.05, 4.69) is 5.10 Å². The van der Waals surface area contributed by atoms with E-state index < -0.39 is 0 Å². The van der Waals surface area contributed by atoms with Crippen LogP contribution in [0.15, 0.2) is 24.3 Å². The topological polar surface area (TPSA) is 38.0 Å². The molecule has 0 aliphatic carbocycles. The van der Waals surface area contributed by atoms with E-state index in [-0.39, 0.29) is 12.4 Å². The molecule has 0 radical (unpaired) electrons. The van der Waals surface area contributed by atoms with Crippen LogP contribution in [0, 0.1) is 12.7 Å². The second kappa shape index (κ2) is 4.23. The van der Waals surface area contributed by atoms with Crippen molar-refractivity contribution < 1.29 is 9.50 Å². The Kier molecular flexibility index (Phi) is 2.94. The molecule has 2 rings (SSSR count). The van der Waals surface area contributed by atoms with Gasteiger partial charge in [0.05, 0.1) is 18.0 Å². The first-order valence-corrected chi connectivity index (χ1v) is 5.12. The van der Waals surface area contributed by atoms with Gasteiger partial charge in [-0.1, -0.05) is 11.6 Å². The van der Waals surface area contributed by atoms with Crippen molar-refractivity contribution in [3.8, 4) is 5.69 Å². The van der Waals surface area contributed by atoms with Gasteiger partial charge < -0.3 is 5.11 Å². The van der Waals surface area contributed by atoms with Crippen molar-refractivity contribution in [2.75, 3.05) is 0 Å². The number of rotatable bonds is 2. The number of aliphatic hydroxyl groups excluding tert-OH is 1. The van der Waals surface area contributed by atoms with Gasteiger partial charge in [-0.25, -0.2) is 9.07 Å². The summed E-state index contributed by atoms with van der Waals surface area (Å²) in [5, 5.41) is 13.6. The third-order valence-electron chi connectivity index (χ3n) is 2.35. The normalized spacial score (nSPS) is 10.8. The van der Waals surface area contributed by atoms with Crippen LogP contribution in [0.4, 0.5) is 4.39 Å². The van der Waals surface area contributed by atoms with Gasteiger partial charge in [-0.15, -0.1) is 0 Å². The predicted octanol–water partition coefficient (Wildman–Crippen LogP) is 2.47.